The van der Waals surface area contributed by atoms with Gasteiger partial charge in [-0.05, 0) is 35.7 Å². The number of carboxylic acids is 1. The van der Waals surface area contributed by atoms with Gasteiger partial charge in [0.05, 0.1) is 17.2 Å². The molecule has 0 radical (unpaired) electrons. The standard InChI is InChI=1S/C15H11NO2/c1-10-4-2-3-5-13(10)14-7-6-11(15(17)18)8-12(14)9-16/h2-8H,1H3,(H,17,18). The Hall–Kier alpha value is -2.60. The SMILES string of the molecule is Cc1ccccc1-c1ccc(C(=O)O)cc1C#N. The molecule has 18 heavy (non-hydrogen) atoms. The zero-order valence-electron chi connectivity index (χ0n) is 9.84. The summed E-state index contributed by atoms with van der Waals surface area (Å²) in [6, 6.07) is 14.4. The van der Waals surface area contributed by atoms with Crippen LogP contribution in [0.25, 0.3) is 11.1 Å². The van der Waals surface area contributed by atoms with Crippen molar-refractivity contribution in [1.82, 2.24) is 0 Å². The van der Waals surface area contributed by atoms with Crippen molar-refractivity contribution < 1.29 is 9.90 Å². The van der Waals surface area contributed by atoms with Crippen molar-refractivity contribution in [3.05, 3.63) is 59.2 Å². The third-order valence-electron chi connectivity index (χ3n) is 2.82. The highest BCUT2D eigenvalue weighted by Crippen LogP contribution is 2.27. The van der Waals surface area contributed by atoms with Gasteiger partial charge in [-0.3, -0.25) is 0 Å². The number of aromatic carboxylic acids is 1. The van der Waals surface area contributed by atoms with Gasteiger partial charge in [0, 0.05) is 0 Å². The lowest BCUT2D eigenvalue weighted by molar-refractivity contribution is 0.0697. The summed E-state index contributed by atoms with van der Waals surface area (Å²) in [5.41, 5.74) is 3.27. The van der Waals surface area contributed by atoms with Gasteiger partial charge in [-0.25, -0.2) is 4.79 Å². The highest BCUT2D eigenvalue weighted by molar-refractivity contribution is 5.89. The number of nitriles is 1. The second kappa shape index (κ2) is 4.72. The third kappa shape index (κ3) is 2.09. The van der Waals surface area contributed by atoms with Crippen molar-refractivity contribution in [2.45, 2.75) is 6.92 Å². The molecule has 0 amide bonds. The van der Waals surface area contributed by atoms with Crippen molar-refractivity contribution in [3.63, 3.8) is 0 Å². The van der Waals surface area contributed by atoms with Crippen LogP contribution in [0.3, 0.4) is 0 Å². The molecule has 0 aromatic heterocycles. The molecule has 0 aliphatic carbocycles. The Labute approximate surface area is 105 Å². The van der Waals surface area contributed by atoms with E-state index in [0.717, 1.165) is 16.7 Å². The number of hydrogen-bond acceptors (Lipinski definition) is 2. The molecule has 1 N–H and O–H groups in total. The quantitative estimate of drug-likeness (QED) is 0.872. The first-order chi connectivity index (χ1) is 8.63. The molecule has 3 nitrogen and oxygen atoms in total. The van der Waals surface area contributed by atoms with Crippen LogP contribution in [0.2, 0.25) is 0 Å². The Balaban J connectivity index is 2.63. The third-order valence-corrected chi connectivity index (χ3v) is 2.82. The molecule has 88 valence electrons. The Kier molecular flexibility index (Phi) is 3.11. The highest BCUT2D eigenvalue weighted by Gasteiger charge is 2.10. The summed E-state index contributed by atoms with van der Waals surface area (Å²) in [4.78, 5) is 10.9. The van der Waals surface area contributed by atoms with Gasteiger partial charge >= 0.3 is 5.97 Å². The summed E-state index contributed by atoms with van der Waals surface area (Å²) in [7, 11) is 0. The first-order valence-electron chi connectivity index (χ1n) is 5.47. The van der Waals surface area contributed by atoms with Crippen LogP contribution < -0.4 is 0 Å². The van der Waals surface area contributed by atoms with Gasteiger partial charge in [0.2, 0.25) is 0 Å². The van der Waals surface area contributed by atoms with E-state index >= 15 is 0 Å². The average Bonchev–Trinajstić information content (AvgIpc) is 2.38. The lowest BCUT2D eigenvalue weighted by Crippen LogP contribution is -1.98. The van der Waals surface area contributed by atoms with E-state index in [9.17, 15) is 4.79 Å². The summed E-state index contributed by atoms with van der Waals surface area (Å²) < 4.78 is 0. The Bertz CT molecular complexity index is 654. The molecule has 3 heteroatoms. The van der Waals surface area contributed by atoms with Crippen molar-refractivity contribution in [2.24, 2.45) is 0 Å². The van der Waals surface area contributed by atoms with Crippen LogP contribution in [0.15, 0.2) is 42.5 Å². The maximum atomic E-state index is 10.9. The molecule has 0 saturated heterocycles. The smallest absolute Gasteiger partial charge is 0.335 e. The second-order valence-corrected chi connectivity index (χ2v) is 3.99. The van der Waals surface area contributed by atoms with Gasteiger partial charge < -0.3 is 5.11 Å². The molecule has 0 spiro atoms. The topological polar surface area (TPSA) is 61.1 Å². The number of nitrogens with zero attached hydrogens (tertiary/aromatic N) is 1. The van der Waals surface area contributed by atoms with Gasteiger partial charge in [-0.1, -0.05) is 30.3 Å². The maximum absolute atomic E-state index is 10.9. The first-order valence-corrected chi connectivity index (χ1v) is 5.47. The molecule has 0 atom stereocenters. The summed E-state index contributed by atoms with van der Waals surface area (Å²) in [6.45, 7) is 1.96. The molecule has 0 bridgehead atoms. The number of benzene rings is 2. The average molecular weight is 237 g/mol. The molecule has 0 aliphatic rings. The van der Waals surface area contributed by atoms with Crippen LogP contribution in [0.5, 0.6) is 0 Å². The molecular weight excluding hydrogens is 226 g/mol. The largest absolute Gasteiger partial charge is 0.478 e. The molecule has 0 heterocycles. The van der Waals surface area contributed by atoms with Gasteiger partial charge in [0.15, 0.2) is 0 Å². The van der Waals surface area contributed by atoms with Crippen LogP contribution in [0, 0.1) is 18.3 Å². The van der Waals surface area contributed by atoms with E-state index in [2.05, 4.69) is 6.07 Å². The van der Waals surface area contributed by atoms with Crippen molar-refractivity contribution in [3.8, 4) is 17.2 Å². The molecule has 2 aromatic carbocycles. The van der Waals surface area contributed by atoms with E-state index in [1.807, 2.05) is 31.2 Å². The molecule has 0 aliphatic heterocycles. The molecular formula is C15H11NO2. The minimum Gasteiger partial charge on any atom is -0.478 e. The molecule has 0 saturated carbocycles. The van der Waals surface area contributed by atoms with Crippen LogP contribution >= 0.6 is 0 Å². The highest BCUT2D eigenvalue weighted by atomic mass is 16.4. The van der Waals surface area contributed by atoms with Crippen LogP contribution in [0.4, 0.5) is 0 Å². The number of carbonyl (C=O) groups is 1. The van der Waals surface area contributed by atoms with Gasteiger partial charge in [0.1, 0.15) is 0 Å². The van der Waals surface area contributed by atoms with E-state index in [0.29, 0.717) is 5.56 Å². The fraction of sp³-hybridized carbons (Fsp3) is 0.0667. The molecule has 2 aromatic rings. The second-order valence-electron chi connectivity index (χ2n) is 3.99. The van der Waals surface area contributed by atoms with Crippen molar-refractivity contribution >= 4 is 5.97 Å². The van der Waals surface area contributed by atoms with Gasteiger partial charge in [0.25, 0.3) is 0 Å². The fourth-order valence-corrected chi connectivity index (χ4v) is 1.88. The minimum atomic E-state index is -1.03. The van der Waals surface area contributed by atoms with E-state index < -0.39 is 5.97 Å². The van der Waals surface area contributed by atoms with Crippen LogP contribution in [-0.2, 0) is 0 Å². The fourth-order valence-electron chi connectivity index (χ4n) is 1.88. The summed E-state index contributed by atoms with van der Waals surface area (Å²) in [5, 5.41) is 18.0. The molecule has 0 fully saturated rings. The van der Waals surface area contributed by atoms with Crippen molar-refractivity contribution in [1.29, 1.82) is 5.26 Å². The zero-order chi connectivity index (χ0) is 13.1. The number of aryl methyl sites for hydroxylation is 1. The monoisotopic (exact) mass is 237 g/mol. The number of carboxylic acid groups (broad SMARTS) is 1. The Morgan fingerprint density at radius 1 is 1.17 bits per heavy atom. The van der Waals surface area contributed by atoms with E-state index in [-0.39, 0.29) is 5.56 Å². The van der Waals surface area contributed by atoms with E-state index in [1.54, 1.807) is 6.07 Å². The van der Waals surface area contributed by atoms with E-state index in [1.165, 1.54) is 12.1 Å². The summed E-state index contributed by atoms with van der Waals surface area (Å²) in [5.74, 6) is -1.03. The van der Waals surface area contributed by atoms with E-state index in [4.69, 9.17) is 10.4 Å². The predicted molar refractivity (Wildman–Crippen MR) is 68.3 cm³/mol. The maximum Gasteiger partial charge on any atom is 0.335 e. The Morgan fingerprint density at radius 2 is 1.89 bits per heavy atom. The summed E-state index contributed by atoms with van der Waals surface area (Å²) in [6.07, 6.45) is 0. The van der Waals surface area contributed by atoms with Crippen LogP contribution in [0.1, 0.15) is 21.5 Å². The minimum absolute atomic E-state index is 0.129. The molecule has 0 unspecified atom stereocenters. The normalized spacial score (nSPS) is 9.78. The summed E-state index contributed by atoms with van der Waals surface area (Å²) >= 11 is 0. The first kappa shape index (κ1) is 11.9. The zero-order valence-corrected chi connectivity index (χ0v) is 9.84. The Morgan fingerprint density at radius 3 is 2.50 bits per heavy atom. The lowest BCUT2D eigenvalue weighted by atomic mass is 9.95. The van der Waals surface area contributed by atoms with Gasteiger partial charge in [-0.2, -0.15) is 5.26 Å². The number of rotatable bonds is 2. The predicted octanol–water partition coefficient (Wildman–Crippen LogP) is 3.23. The molecule has 2 rings (SSSR count). The number of hydrogen-bond donors (Lipinski definition) is 1. The lowest BCUT2D eigenvalue weighted by Gasteiger charge is -2.08. The van der Waals surface area contributed by atoms with Crippen LogP contribution in [-0.4, -0.2) is 11.1 Å². The van der Waals surface area contributed by atoms with Gasteiger partial charge in [-0.15, -0.1) is 0 Å². The van der Waals surface area contributed by atoms with Crippen molar-refractivity contribution in [2.75, 3.05) is 0 Å².